The summed E-state index contributed by atoms with van der Waals surface area (Å²) in [5.41, 5.74) is 1.86. The predicted molar refractivity (Wildman–Crippen MR) is 73.4 cm³/mol. The van der Waals surface area contributed by atoms with Crippen LogP contribution >= 0.6 is 23.2 Å². The number of aryl methyl sites for hydroxylation is 1. The number of halogens is 2. The van der Waals surface area contributed by atoms with E-state index in [0.29, 0.717) is 10.7 Å². The van der Waals surface area contributed by atoms with Crippen molar-refractivity contribution < 1.29 is 4.79 Å². The largest absolute Gasteiger partial charge is 0.320 e. The van der Waals surface area contributed by atoms with Gasteiger partial charge in [-0.2, -0.15) is 0 Å². The third-order valence-electron chi connectivity index (χ3n) is 2.38. The van der Waals surface area contributed by atoms with E-state index in [2.05, 4.69) is 10.3 Å². The molecule has 1 heterocycles. The van der Waals surface area contributed by atoms with Crippen molar-refractivity contribution in [2.24, 2.45) is 0 Å². The lowest BCUT2D eigenvalue weighted by Gasteiger charge is -2.08. The zero-order chi connectivity index (χ0) is 13.1. The van der Waals surface area contributed by atoms with E-state index in [4.69, 9.17) is 23.2 Å². The van der Waals surface area contributed by atoms with Gasteiger partial charge in [-0.1, -0.05) is 29.3 Å². The zero-order valence-electron chi connectivity index (χ0n) is 9.58. The van der Waals surface area contributed by atoms with E-state index in [0.717, 1.165) is 5.56 Å². The van der Waals surface area contributed by atoms with Gasteiger partial charge in [0.05, 0.1) is 0 Å². The molecule has 0 aliphatic heterocycles. The Morgan fingerprint density at radius 2 is 2.00 bits per heavy atom. The maximum Gasteiger partial charge on any atom is 0.274 e. The van der Waals surface area contributed by atoms with E-state index >= 15 is 0 Å². The summed E-state index contributed by atoms with van der Waals surface area (Å²) in [6.07, 6.45) is 0. The van der Waals surface area contributed by atoms with Crippen molar-refractivity contribution in [3.05, 3.63) is 57.8 Å². The van der Waals surface area contributed by atoms with E-state index in [-0.39, 0.29) is 16.8 Å². The predicted octanol–water partition coefficient (Wildman–Crippen LogP) is 3.95. The SMILES string of the molecule is Cc1cc(Cl)ccc1NC(=O)c1cccc(Cl)n1. The van der Waals surface area contributed by atoms with Crippen LogP contribution in [0.1, 0.15) is 16.1 Å². The van der Waals surface area contributed by atoms with Crippen LogP contribution in [-0.2, 0) is 0 Å². The second kappa shape index (κ2) is 5.38. The summed E-state index contributed by atoms with van der Waals surface area (Å²) in [5.74, 6) is -0.303. The molecule has 0 saturated heterocycles. The molecule has 5 heteroatoms. The highest BCUT2D eigenvalue weighted by Crippen LogP contribution is 2.20. The Bertz CT molecular complexity index is 599. The molecule has 0 bridgehead atoms. The highest BCUT2D eigenvalue weighted by atomic mass is 35.5. The van der Waals surface area contributed by atoms with Crippen LogP contribution in [0.4, 0.5) is 5.69 Å². The number of hydrogen-bond donors (Lipinski definition) is 1. The number of nitrogens with one attached hydrogen (secondary N) is 1. The van der Waals surface area contributed by atoms with Gasteiger partial charge in [0.25, 0.3) is 5.91 Å². The number of anilines is 1. The smallest absolute Gasteiger partial charge is 0.274 e. The fourth-order valence-corrected chi connectivity index (χ4v) is 1.88. The molecule has 0 unspecified atom stereocenters. The van der Waals surface area contributed by atoms with E-state index in [1.165, 1.54) is 0 Å². The van der Waals surface area contributed by atoms with Crippen molar-refractivity contribution >= 4 is 34.8 Å². The van der Waals surface area contributed by atoms with Crippen molar-refractivity contribution in [3.8, 4) is 0 Å². The second-order valence-corrected chi connectivity index (χ2v) is 4.58. The van der Waals surface area contributed by atoms with E-state index in [9.17, 15) is 4.79 Å². The maximum atomic E-state index is 11.9. The van der Waals surface area contributed by atoms with E-state index in [1.54, 1.807) is 36.4 Å². The molecular formula is C13H10Cl2N2O. The van der Waals surface area contributed by atoms with Gasteiger partial charge in [0.15, 0.2) is 0 Å². The fourth-order valence-electron chi connectivity index (χ4n) is 1.49. The Morgan fingerprint density at radius 3 is 2.67 bits per heavy atom. The van der Waals surface area contributed by atoms with Crippen LogP contribution < -0.4 is 5.32 Å². The number of carbonyl (C=O) groups is 1. The number of pyridine rings is 1. The summed E-state index contributed by atoms with van der Waals surface area (Å²) in [6, 6.07) is 10.1. The fraction of sp³-hybridized carbons (Fsp3) is 0.0769. The number of rotatable bonds is 2. The quantitative estimate of drug-likeness (QED) is 0.847. The van der Waals surface area contributed by atoms with Gasteiger partial charge in [0, 0.05) is 10.7 Å². The summed E-state index contributed by atoms with van der Waals surface area (Å²) < 4.78 is 0. The van der Waals surface area contributed by atoms with Gasteiger partial charge >= 0.3 is 0 Å². The molecule has 0 aliphatic rings. The van der Waals surface area contributed by atoms with E-state index in [1.807, 2.05) is 6.92 Å². The van der Waals surface area contributed by atoms with Crippen molar-refractivity contribution in [2.45, 2.75) is 6.92 Å². The van der Waals surface area contributed by atoms with Crippen LogP contribution in [0.15, 0.2) is 36.4 Å². The van der Waals surface area contributed by atoms with Crippen molar-refractivity contribution in [2.75, 3.05) is 5.32 Å². The molecule has 0 saturated carbocycles. The van der Waals surface area contributed by atoms with Crippen LogP contribution in [0.25, 0.3) is 0 Å². The Hall–Kier alpha value is -1.58. The monoisotopic (exact) mass is 280 g/mol. The first-order valence-electron chi connectivity index (χ1n) is 5.26. The lowest BCUT2D eigenvalue weighted by molar-refractivity contribution is 0.102. The Labute approximate surface area is 115 Å². The Morgan fingerprint density at radius 1 is 1.22 bits per heavy atom. The highest BCUT2D eigenvalue weighted by Gasteiger charge is 2.09. The average Bonchev–Trinajstić information content (AvgIpc) is 2.32. The normalized spacial score (nSPS) is 10.2. The third-order valence-corrected chi connectivity index (χ3v) is 2.83. The van der Waals surface area contributed by atoms with Gasteiger partial charge in [0.1, 0.15) is 10.8 Å². The van der Waals surface area contributed by atoms with Gasteiger partial charge in [-0.15, -0.1) is 0 Å². The molecule has 18 heavy (non-hydrogen) atoms. The molecule has 2 aromatic rings. The van der Waals surface area contributed by atoms with E-state index < -0.39 is 0 Å². The Balaban J connectivity index is 2.21. The molecular weight excluding hydrogens is 271 g/mol. The molecule has 1 N–H and O–H groups in total. The van der Waals surface area contributed by atoms with Crippen molar-refractivity contribution in [1.82, 2.24) is 4.98 Å². The van der Waals surface area contributed by atoms with Gasteiger partial charge in [-0.3, -0.25) is 4.79 Å². The first-order chi connectivity index (χ1) is 8.56. The summed E-state index contributed by atoms with van der Waals surface area (Å²) in [5, 5.41) is 3.68. The summed E-state index contributed by atoms with van der Waals surface area (Å²) in [7, 11) is 0. The number of carbonyl (C=O) groups excluding carboxylic acids is 1. The molecule has 0 fully saturated rings. The van der Waals surface area contributed by atoms with Gasteiger partial charge in [-0.05, 0) is 42.8 Å². The lowest BCUT2D eigenvalue weighted by atomic mass is 10.2. The Kier molecular flexibility index (Phi) is 3.84. The zero-order valence-corrected chi connectivity index (χ0v) is 11.1. The first-order valence-corrected chi connectivity index (χ1v) is 6.02. The topological polar surface area (TPSA) is 42.0 Å². The van der Waals surface area contributed by atoms with Crippen LogP contribution in [0.5, 0.6) is 0 Å². The minimum Gasteiger partial charge on any atom is -0.320 e. The van der Waals surface area contributed by atoms with Gasteiger partial charge in [0.2, 0.25) is 0 Å². The third kappa shape index (κ3) is 3.00. The number of hydrogen-bond acceptors (Lipinski definition) is 2. The summed E-state index contributed by atoms with van der Waals surface area (Å²) >= 11 is 11.6. The van der Waals surface area contributed by atoms with Crippen molar-refractivity contribution in [3.63, 3.8) is 0 Å². The molecule has 0 spiro atoms. The first kappa shape index (κ1) is 12.9. The minimum absolute atomic E-state index is 0.275. The number of amides is 1. The molecule has 1 aromatic carbocycles. The molecule has 2 rings (SSSR count). The van der Waals surface area contributed by atoms with Crippen LogP contribution in [0.3, 0.4) is 0 Å². The minimum atomic E-state index is -0.303. The summed E-state index contributed by atoms with van der Waals surface area (Å²) in [6.45, 7) is 1.87. The molecule has 0 atom stereocenters. The van der Waals surface area contributed by atoms with Crippen molar-refractivity contribution in [1.29, 1.82) is 0 Å². The van der Waals surface area contributed by atoms with Gasteiger partial charge in [-0.25, -0.2) is 4.98 Å². The maximum absolute atomic E-state index is 11.9. The highest BCUT2D eigenvalue weighted by molar-refractivity contribution is 6.30. The number of nitrogens with zero attached hydrogens (tertiary/aromatic N) is 1. The van der Waals surface area contributed by atoms with Crippen LogP contribution in [-0.4, -0.2) is 10.9 Å². The summed E-state index contributed by atoms with van der Waals surface area (Å²) in [4.78, 5) is 15.9. The van der Waals surface area contributed by atoms with Crippen LogP contribution in [0, 0.1) is 6.92 Å². The molecule has 0 radical (unpaired) electrons. The lowest BCUT2D eigenvalue weighted by Crippen LogP contribution is -2.14. The van der Waals surface area contributed by atoms with Crippen LogP contribution in [0.2, 0.25) is 10.2 Å². The standard InChI is InChI=1S/C13H10Cl2N2O/c1-8-7-9(14)5-6-10(8)17-13(18)11-3-2-4-12(15)16-11/h2-7H,1H3,(H,17,18). The van der Waals surface area contributed by atoms with Gasteiger partial charge < -0.3 is 5.32 Å². The molecule has 0 aliphatic carbocycles. The molecule has 92 valence electrons. The second-order valence-electron chi connectivity index (χ2n) is 3.76. The number of benzene rings is 1. The number of aromatic nitrogens is 1. The molecule has 1 aromatic heterocycles. The molecule has 1 amide bonds. The average molecular weight is 281 g/mol. The molecule has 3 nitrogen and oxygen atoms in total.